The number of nitrogens with one attached hydrogen (secondary N) is 1. The molecule has 5 nitrogen and oxygen atoms in total. The molecule has 1 atom stereocenters. The fourth-order valence-electron chi connectivity index (χ4n) is 1.29. The lowest BCUT2D eigenvalue weighted by Gasteiger charge is -2.13. The molecule has 0 saturated heterocycles. The van der Waals surface area contributed by atoms with Crippen molar-refractivity contribution in [3.8, 4) is 0 Å². The summed E-state index contributed by atoms with van der Waals surface area (Å²) in [6.45, 7) is -0.407. The molecule has 1 rings (SSSR count). The Balaban J connectivity index is 2.86. The van der Waals surface area contributed by atoms with Crippen molar-refractivity contribution in [1.29, 1.82) is 0 Å². The van der Waals surface area contributed by atoms with Gasteiger partial charge in [0.05, 0.1) is 5.56 Å². The third kappa shape index (κ3) is 3.68. The third-order valence-electron chi connectivity index (χ3n) is 2.19. The van der Waals surface area contributed by atoms with Crippen molar-refractivity contribution in [1.82, 2.24) is 5.32 Å². The van der Waals surface area contributed by atoms with Gasteiger partial charge < -0.3 is 15.5 Å². The highest BCUT2D eigenvalue weighted by molar-refractivity contribution is 6.31. The number of aliphatic hydroxyl groups excluding tert-OH is 1. The van der Waals surface area contributed by atoms with Crippen molar-refractivity contribution in [2.24, 2.45) is 0 Å². The topological polar surface area (TPSA) is 86.6 Å². The first-order valence-corrected chi connectivity index (χ1v) is 5.43. The molecule has 0 aliphatic carbocycles. The average molecular weight is 276 g/mol. The van der Waals surface area contributed by atoms with E-state index in [0.717, 1.165) is 12.1 Å². The first-order valence-electron chi connectivity index (χ1n) is 5.05. The smallest absolute Gasteiger partial charge is 0.326 e. The standard InChI is InChI=1S/C11H11ClFNO4/c12-6-1-2-8(13)7(5-6)10(16)14-9(3-4-15)11(17)18/h1-2,5,9,15H,3-4H2,(H,14,16)(H,17,18). The van der Waals surface area contributed by atoms with Crippen molar-refractivity contribution >= 4 is 23.5 Å². The summed E-state index contributed by atoms with van der Waals surface area (Å²) in [5, 5.41) is 19.7. The Labute approximate surface area is 107 Å². The van der Waals surface area contributed by atoms with Crippen LogP contribution in [0.2, 0.25) is 5.02 Å². The van der Waals surface area contributed by atoms with E-state index in [1.165, 1.54) is 6.07 Å². The fourth-order valence-corrected chi connectivity index (χ4v) is 1.47. The molecule has 1 amide bonds. The van der Waals surface area contributed by atoms with Crippen LogP contribution < -0.4 is 5.32 Å². The zero-order valence-electron chi connectivity index (χ0n) is 9.19. The van der Waals surface area contributed by atoms with E-state index in [0.29, 0.717) is 0 Å². The molecule has 0 spiro atoms. The van der Waals surface area contributed by atoms with E-state index in [2.05, 4.69) is 5.32 Å². The monoisotopic (exact) mass is 275 g/mol. The summed E-state index contributed by atoms with van der Waals surface area (Å²) < 4.78 is 13.3. The van der Waals surface area contributed by atoms with Gasteiger partial charge in [-0.3, -0.25) is 4.79 Å². The number of aliphatic hydroxyl groups is 1. The lowest BCUT2D eigenvalue weighted by molar-refractivity contribution is -0.139. The Hall–Kier alpha value is -1.66. The number of rotatable bonds is 5. The van der Waals surface area contributed by atoms with Gasteiger partial charge >= 0.3 is 5.97 Å². The van der Waals surface area contributed by atoms with Gasteiger partial charge in [0.2, 0.25) is 0 Å². The Morgan fingerprint density at radius 2 is 2.11 bits per heavy atom. The highest BCUT2D eigenvalue weighted by Gasteiger charge is 2.21. The van der Waals surface area contributed by atoms with Gasteiger partial charge in [-0.25, -0.2) is 9.18 Å². The second-order valence-electron chi connectivity index (χ2n) is 3.50. The summed E-state index contributed by atoms with van der Waals surface area (Å²) in [6, 6.07) is 2.11. The van der Waals surface area contributed by atoms with Crippen molar-refractivity contribution in [3.63, 3.8) is 0 Å². The van der Waals surface area contributed by atoms with E-state index in [1.807, 2.05) is 0 Å². The van der Waals surface area contributed by atoms with Gasteiger partial charge in [-0.05, 0) is 18.2 Å². The molecule has 1 aromatic carbocycles. The zero-order chi connectivity index (χ0) is 13.7. The van der Waals surface area contributed by atoms with Gasteiger partial charge in [0.15, 0.2) is 0 Å². The molecular formula is C11H11ClFNO4. The maximum Gasteiger partial charge on any atom is 0.326 e. The van der Waals surface area contributed by atoms with E-state index in [1.54, 1.807) is 0 Å². The predicted molar refractivity (Wildman–Crippen MR) is 62.0 cm³/mol. The lowest BCUT2D eigenvalue weighted by Crippen LogP contribution is -2.41. The number of carboxylic acids is 1. The Kier molecular flexibility index (Phi) is 5.06. The van der Waals surface area contributed by atoms with Crippen LogP contribution in [0.15, 0.2) is 18.2 Å². The summed E-state index contributed by atoms with van der Waals surface area (Å²) in [7, 11) is 0. The van der Waals surface area contributed by atoms with Crippen LogP contribution in [0.1, 0.15) is 16.8 Å². The maximum absolute atomic E-state index is 13.3. The normalized spacial score (nSPS) is 11.9. The minimum absolute atomic E-state index is 0.163. The third-order valence-corrected chi connectivity index (χ3v) is 2.43. The number of hydrogen-bond acceptors (Lipinski definition) is 3. The van der Waals surface area contributed by atoms with Crippen LogP contribution in [-0.4, -0.2) is 34.7 Å². The van der Waals surface area contributed by atoms with Gasteiger partial charge in [-0.2, -0.15) is 0 Å². The molecule has 0 aliphatic rings. The van der Waals surface area contributed by atoms with Gasteiger partial charge in [-0.1, -0.05) is 11.6 Å². The second kappa shape index (κ2) is 6.32. The number of benzene rings is 1. The predicted octanol–water partition coefficient (Wildman–Crippen LogP) is 1.04. The van der Waals surface area contributed by atoms with Gasteiger partial charge in [0.1, 0.15) is 11.9 Å². The molecule has 1 aromatic rings. The molecule has 0 bridgehead atoms. The van der Waals surface area contributed by atoms with Gasteiger partial charge in [0.25, 0.3) is 5.91 Å². The van der Waals surface area contributed by atoms with Crippen LogP contribution >= 0.6 is 11.6 Å². The Bertz CT molecular complexity index is 466. The summed E-state index contributed by atoms with van der Waals surface area (Å²) in [5.41, 5.74) is -0.341. The molecular weight excluding hydrogens is 265 g/mol. The van der Waals surface area contributed by atoms with Crippen molar-refractivity contribution < 1.29 is 24.2 Å². The molecule has 0 aromatic heterocycles. The van der Waals surface area contributed by atoms with Crippen LogP contribution in [0.25, 0.3) is 0 Å². The van der Waals surface area contributed by atoms with Gasteiger partial charge in [0, 0.05) is 18.1 Å². The number of hydrogen-bond donors (Lipinski definition) is 3. The Morgan fingerprint density at radius 3 is 2.67 bits per heavy atom. The molecule has 18 heavy (non-hydrogen) atoms. The van der Waals surface area contributed by atoms with Crippen LogP contribution in [-0.2, 0) is 4.79 Å². The SMILES string of the molecule is O=C(NC(CCO)C(=O)O)c1cc(Cl)ccc1F. The first kappa shape index (κ1) is 14.4. The molecule has 0 heterocycles. The molecule has 7 heteroatoms. The second-order valence-corrected chi connectivity index (χ2v) is 3.94. The lowest BCUT2D eigenvalue weighted by atomic mass is 10.1. The molecule has 1 unspecified atom stereocenters. The van der Waals surface area contributed by atoms with Crippen LogP contribution in [0.3, 0.4) is 0 Å². The van der Waals surface area contributed by atoms with Crippen LogP contribution in [0.5, 0.6) is 0 Å². The van der Waals surface area contributed by atoms with Crippen LogP contribution in [0.4, 0.5) is 4.39 Å². The molecule has 0 aliphatic heterocycles. The molecule has 0 saturated carbocycles. The highest BCUT2D eigenvalue weighted by Crippen LogP contribution is 2.15. The largest absolute Gasteiger partial charge is 0.480 e. The first-order chi connectivity index (χ1) is 8.45. The fraction of sp³-hybridized carbons (Fsp3) is 0.273. The molecule has 0 radical (unpaired) electrons. The maximum atomic E-state index is 13.3. The van der Waals surface area contributed by atoms with Gasteiger partial charge in [-0.15, -0.1) is 0 Å². The van der Waals surface area contributed by atoms with Crippen LogP contribution in [0, 0.1) is 5.82 Å². The Morgan fingerprint density at radius 1 is 1.44 bits per heavy atom. The van der Waals surface area contributed by atoms with E-state index in [9.17, 15) is 14.0 Å². The van der Waals surface area contributed by atoms with E-state index >= 15 is 0 Å². The van der Waals surface area contributed by atoms with Crippen molar-refractivity contribution in [2.75, 3.05) is 6.61 Å². The molecule has 98 valence electrons. The minimum Gasteiger partial charge on any atom is -0.480 e. The zero-order valence-corrected chi connectivity index (χ0v) is 9.95. The summed E-state index contributed by atoms with van der Waals surface area (Å²) in [6.07, 6.45) is -0.163. The number of aliphatic carboxylic acids is 1. The average Bonchev–Trinajstić information content (AvgIpc) is 2.31. The van der Waals surface area contributed by atoms with Crippen molar-refractivity contribution in [2.45, 2.75) is 12.5 Å². The quantitative estimate of drug-likeness (QED) is 0.749. The molecule has 0 fully saturated rings. The van der Waals surface area contributed by atoms with Crippen molar-refractivity contribution in [3.05, 3.63) is 34.6 Å². The minimum atomic E-state index is -1.31. The number of carbonyl (C=O) groups is 2. The number of carbonyl (C=O) groups excluding carboxylic acids is 1. The molecule has 3 N–H and O–H groups in total. The summed E-state index contributed by atoms with van der Waals surface area (Å²) >= 11 is 5.62. The van der Waals surface area contributed by atoms with E-state index in [-0.39, 0.29) is 17.0 Å². The number of amides is 1. The van der Waals surface area contributed by atoms with E-state index < -0.39 is 30.3 Å². The van der Waals surface area contributed by atoms with E-state index in [4.69, 9.17) is 21.8 Å². The number of halogens is 2. The summed E-state index contributed by atoms with van der Waals surface area (Å²) in [4.78, 5) is 22.4. The highest BCUT2D eigenvalue weighted by atomic mass is 35.5. The number of carboxylic acid groups (broad SMARTS) is 1. The summed E-state index contributed by atoms with van der Waals surface area (Å²) in [5.74, 6) is -3.00.